The molecule has 2 N–H and O–H groups in total. The van der Waals surface area contributed by atoms with Crippen LogP contribution < -0.4 is 10.9 Å². The van der Waals surface area contributed by atoms with E-state index >= 15 is 0 Å². The summed E-state index contributed by atoms with van der Waals surface area (Å²) >= 11 is 0. The highest BCUT2D eigenvalue weighted by Gasteiger charge is 2.18. The van der Waals surface area contributed by atoms with Crippen LogP contribution in [0.2, 0.25) is 0 Å². The Hall–Kier alpha value is -3.72. The molecule has 0 atom stereocenters. The van der Waals surface area contributed by atoms with Crippen LogP contribution in [0, 0.1) is 6.92 Å². The smallest absolute Gasteiger partial charge is 0.277 e. The molecular weight excluding hydrogens is 362 g/mol. The number of carbonyl (C=O) groups is 1. The molecule has 1 aromatic carbocycles. The van der Waals surface area contributed by atoms with Gasteiger partial charge < -0.3 is 19.5 Å². The molecule has 0 saturated heterocycles. The third kappa shape index (κ3) is 3.19. The number of aliphatic hydroxyl groups is 1. The van der Waals surface area contributed by atoms with Crippen molar-refractivity contribution >= 4 is 17.2 Å². The molecule has 0 radical (unpaired) electrons. The van der Waals surface area contributed by atoms with Crippen LogP contribution in [0.3, 0.4) is 0 Å². The minimum atomic E-state index is -0.423. The lowest BCUT2D eigenvalue weighted by Gasteiger charge is -2.06. The summed E-state index contributed by atoms with van der Waals surface area (Å²) in [6.07, 6.45) is 3.06. The van der Waals surface area contributed by atoms with Gasteiger partial charge in [0.15, 0.2) is 5.82 Å². The van der Waals surface area contributed by atoms with Crippen LogP contribution in [0.1, 0.15) is 11.3 Å². The molecule has 3 aromatic heterocycles. The molecule has 0 spiro atoms. The van der Waals surface area contributed by atoms with E-state index in [-0.39, 0.29) is 24.5 Å². The molecular formula is C19H17N5O4. The number of fused-ring (bicyclic) bond motifs is 1. The monoisotopic (exact) mass is 379 g/mol. The summed E-state index contributed by atoms with van der Waals surface area (Å²) in [6, 6.07) is 10.9. The largest absolute Gasteiger partial charge is 0.392 e. The highest BCUT2D eigenvalue weighted by molar-refractivity contribution is 5.89. The maximum absolute atomic E-state index is 12.9. The first-order valence-corrected chi connectivity index (χ1v) is 8.57. The van der Waals surface area contributed by atoms with Gasteiger partial charge in [0.1, 0.15) is 17.8 Å². The first kappa shape index (κ1) is 17.7. The molecule has 0 aliphatic rings. The first-order chi connectivity index (χ1) is 13.6. The van der Waals surface area contributed by atoms with Crippen molar-refractivity contribution in [2.45, 2.75) is 20.1 Å². The van der Waals surface area contributed by atoms with Gasteiger partial charge in [-0.15, -0.1) is 0 Å². The maximum atomic E-state index is 12.9. The Kier molecular flexibility index (Phi) is 4.50. The second-order valence-corrected chi connectivity index (χ2v) is 6.25. The summed E-state index contributed by atoms with van der Waals surface area (Å²) in [4.78, 5) is 25.2. The lowest BCUT2D eigenvalue weighted by Crippen LogP contribution is -2.28. The predicted molar refractivity (Wildman–Crippen MR) is 101 cm³/mol. The second kappa shape index (κ2) is 7.12. The lowest BCUT2D eigenvalue weighted by molar-refractivity contribution is -0.116. The zero-order valence-corrected chi connectivity index (χ0v) is 15.0. The number of aliphatic hydroxyl groups excluding tert-OH is 1. The van der Waals surface area contributed by atoms with Gasteiger partial charge in [-0.2, -0.15) is 5.10 Å². The normalized spacial score (nSPS) is 11.1. The van der Waals surface area contributed by atoms with Crippen molar-refractivity contribution in [3.05, 3.63) is 70.5 Å². The molecule has 0 unspecified atom stereocenters. The number of rotatable bonds is 5. The van der Waals surface area contributed by atoms with Gasteiger partial charge in [0.05, 0.1) is 12.3 Å². The van der Waals surface area contributed by atoms with Crippen molar-refractivity contribution in [2.75, 3.05) is 5.32 Å². The quantitative estimate of drug-likeness (QED) is 0.544. The molecule has 3 heterocycles. The van der Waals surface area contributed by atoms with Crippen molar-refractivity contribution in [1.29, 1.82) is 0 Å². The number of anilines is 1. The van der Waals surface area contributed by atoms with E-state index < -0.39 is 11.5 Å². The van der Waals surface area contributed by atoms with Crippen LogP contribution in [-0.4, -0.2) is 30.4 Å². The highest BCUT2D eigenvalue weighted by atomic mass is 16.5. The van der Waals surface area contributed by atoms with Crippen LogP contribution in [0.25, 0.3) is 16.8 Å². The minimum absolute atomic E-state index is 0.210. The Labute approximate surface area is 158 Å². The zero-order chi connectivity index (χ0) is 19.7. The molecule has 9 nitrogen and oxygen atoms in total. The summed E-state index contributed by atoms with van der Waals surface area (Å²) in [7, 11) is 0. The van der Waals surface area contributed by atoms with Crippen molar-refractivity contribution < 1.29 is 14.4 Å². The molecule has 9 heteroatoms. The van der Waals surface area contributed by atoms with Crippen molar-refractivity contribution in [2.24, 2.45) is 0 Å². The molecule has 0 fully saturated rings. The fraction of sp³-hybridized carbons (Fsp3) is 0.158. The van der Waals surface area contributed by atoms with Crippen molar-refractivity contribution in [3.8, 4) is 11.3 Å². The van der Waals surface area contributed by atoms with Crippen LogP contribution in [0.4, 0.5) is 5.82 Å². The van der Waals surface area contributed by atoms with E-state index in [2.05, 4.69) is 15.6 Å². The van der Waals surface area contributed by atoms with Crippen LogP contribution in [0.15, 0.2) is 58.1 Å². The standard InChI is InChI=1S/C19H17N5O4/c1-12-9-15(22-28-12)20-16(26)10-23-7-8-24-18(19(23)27)14(11-25)17(21-24)13-5-3-2-4-6-13/h2-9,25H,10-11H2,1H3,(H,20,22,26). The predicted octanol–water partition coefficient (Wildman–Crippen LogP) is 1.59. The van der Waals surface area contributed by atoms with Crippen LogP contribution >= 0.6 is 0 Å². The fourth-order valence-electron chi connectivity index (χ4n) is 3.02. The van der Waals surface area contributed by atoms with E-state index in [0.717, 1.165) is 5.56 Å². The number of carbonyl (C=O) groups excluding carboxylic acids is 1. The number of amides is 1. The van der Waals surface area contributed by atoms with E-state index in [1.807, 2.05) is 30.3 Å². The molecule has 1 amide bonds. The Balaban J connectivity index is 1.70. The number of aryl methyl sites for hydroxylation is 1. The van der Waals surface area contributed by atoms with Crippen LogP contribution in [-0.2, 0) is 17.9 Å². The summed E-state index contributed by atoms with van der Waals surface area (Å²) in [5.41, 5.74) is 1.54. The molecule has 4 rings (SSSR count). The molecule has 0 aliphatic heterocycles. The van der Waals surface area contributed by atoms with Gasteiger partial charge in [-0.3, -0.25) is 9.59 Å². The van der Waals surface area contributed by atoms with Gasteiger partial charge in [-0.05, 0) is 6.92 Å². The number of aromatic nitrogens is 4. The molecule has 142 valence electrons. The summed E-state index contributed by atoms with van der Waals surface area (Å²) in [5, 5.41) is 20.6. The summed E-state index contributed by atoms with van der Waals surface area (Å²) in [6.45, 7) is 1.15. The van der Waals surface area contributed by atoms with Gasteiger partial charge in [0.2, 0.25) is 5.91 Å². The average molecular weight is 379 g/mol. The Bertz CT molecular complexity index is 1210. The molecule has 0 bridgehead atoms. The number of nitrogens with zero attached hydrogens (tertiary/aromatic N) is 4. The summed E-state index contributed by atoms with van der Waals surface area (Å²) < 4.78 is 7.58. The second-order valence-electron chi connectivity index (χ2n) is 6.25. The number of nitrogens with one attached hydrogen (secondary N) is 1. The third-order valence-electron chi connectivity index (χ3n) is 4.27. The van der Waals surface area contributed by atoms with E-state index in [9.17, 15) is 14.7 Å². The van der Waals surface area contributed by atoms with Gasteiger partial charge in [-0.1, -0.05) is 35.5 Å². The Morgan fingerprint density at radius 2 is 2.04 bits per heavy atom. The van der Waals surface area contributed by atoms with Gasteiger partial charge in [0, 0.05) is 29.6 Å². The topological polar surface area (TPSA) is 115 Å². The Morgan fingerprint density at radius 1 is 1.25 bits per heavy atom. The highest BCUT2D eigenvalue weighted by Crippen LogP contribution is 2.24. The van der Waals surface area contributed by atoms with E-state index in [4.69, 9.17) is 4.52 Å². The molecule has 0 saturated carbocycles. The molecule has 28 heavy (non-hydrogen) atoms. The average Bonchev–Trinajstić information content (AvgIpc) is 3.28. The maximum Gasteiger partial charge on any atom is 0.277 e. The van der Waals surface area contributed by atoms with Gasteiger partial charge in [-0.25, -0.2) is 4.52 Å². The number of hydrogen-bond acceptors (Lipinski definition) is 6. The van der Waals surface area contributed by atoms with Gasteiger partial charge in [0.25, 0.3) is 5.56 Å². The van der Waals surface area contributed by atoms with E-state index in [0.29, 0.717) is 17.0 Å². The van der Waals surface area contributed by atoms with E-state index in [1.54, 1.807) is 19.2 Å². The SMILES string of the molecule is Cc1cc(NC(=O)Cn2ccn3nc(-c4ccccc4)c(CO)c3c2=O)no1. The fourth-order valence-corrected chi connectivity index (χ4v) is 3.02. The molecule has 4 aromatic rings. The Morgan fingerprint density at radius 3 is 2.71 bits per heavy atom. The summed E-state index contributed by atoms with van der Waals surface area (Å²) in [5.74, 6) is 0.422. The lowest BCUT2D eigenvalue weighted by atomic mass is 10.1. The zero-order valence-electron chi connectivity index (χ0n) is 15.0. The van der Waals surface area contributed by atoms with Crippen molar-refractivity contribution in [3.63, 3.8) is 0 Å². The van der Waals surface area contributed by atoms with Gasteiger partial charge >= 0.3 is 0 Å². The molecule has 0 aliphatic carbocycles. The number of benzene rings is 1. The van der Waals surface area contributed by atoms with Crippen molar-refractivity contribution in [1.82, 2.24) is 19.3 Å². The van der Waals surface area contributed by atoms with Crippen LogP contribution in [0.5, 0.6) is 0 Å². The minimum Gasteiger partial charge on any atom is -0.392 e. The third-order valence-corrected chi connectivity index (χ3v) is 4.27. The first-order valence-electron chi connectivity index (χ1n) is 8.57. The number of hydrogen-bond donors (Lipinski definition) is 2. The van der Waals surface area contributed by atoms with E-state index in [1.165, 1.54) is 15.3 Å².